The zero-order valence-corrected chi connectivity index (χ0v) is 18.8. The maximum Gasteiger partial charge on any atom is 0.266 e. The first kappa shape index (κ1) is 20.7. The van der Waals surface area contributed by atoms with Crippen molar-refractivity contribution in [3.63, 3.8) is 0 Å². The van der Waals surface area contributed by atoms with Crippen molar-refractivity contribution < 1.29 is 13.2 Å². The van der Waals surface area contributed by atoms with Crippen LogP contribution in [0.25, 0.3) is 0 Å². The molecule has 0 spiro atoms. The van der Waals surface area contributed by atoms with E-state index in [1.807, 2.05) is 47.8 Å². The molecular weight excluding hydrogens is 444 g/mol. The largest absolute Gasteiger partial charge is 0.369 e. The highest BCUT2D eigenvalue weighted by Crippen LogP contribution is 2.33. The van der Waals surface area contributed by atoms with Crippen LogP contribution in [-0.2, 0) is 27.7 Å². The molecule has 0 bridgehead atoms. The van der Waals surface area contributed by atoms with Crippen molar-refractivity contribution in [2.24, 2.45) is 10.7 Å². The van der Waals surface area contributed by atoms with Gasteiger partial charge in [-0.3, -0.25) is 4.79 Å². The third kappa shape index (κ3) is 3.67. The second-order valence-corrected chi connectivity index (χ2v) is 10.7. The number of thiophene rings is 1. The van der Waals surface area contributed by atoms with Crippen molar-refractivity contribution in [3.05, 3.63) is 82.0 Å². The minimum Gasteiger partial charge on any atom is -0.369 e. The highest BCUT2D eigenvalue weighted by Gasteiger charge is 2.35. The lowest BCUT2D eigenvalue weighted by molar-refractivity contribution is -0.117. The Hall–Kier alpha value is -3.17. The van der Waals surface area contributed by atoms with E-state index in [-0.39, 0.29) is 29.3 Å². The van der Waals surface area contributed by atoms with E-state index in [0.29, 0.717) is 19.4 Å². The molecule has 2 N–H and O–H groups in total. The van der Waals surface area contributed by atoms with E-state index >= 15 is 0 Å². The second-order valence-electron chi connectivity index (χ2n) is 7.79. The minimum atomic E-state index is -3.85. The van der Waals surface area contributed by atoms with E-state index in [1.54, 1.807) is 34.4 Å². The predicted octanol–water partition coefficient (Wildman–Crippen LogP) is 2.94. The summed E-state index contributed by atoms with van der Waals surface area (Å²) in [6, 6.07) is 18.0. The fourth-order valence-electron chi connectivity index (χ4n) is 4.17. The Morgan fingerprint density at radius 2 is 1.94 bits per heavy atom. The summed E-state index contributed by atoms with van der Waals surface area (Å²) in [5, 5.41) is 1.95. The summed E-state index contributed by atoms with van der Waals surface area (Å²) in [4.78, 5) is 20.0. The summed E-state index contributed by atoms with van der Waals surface area (Å²) in [5.74, 6) is 0.00975. The summed E-state index contributed by atoms with van der Waals surface area (Å²) in [7, 11) is -3.85. The van der Waals surface area contributed by atoms with Crippen molar-refractivity contribution in [1.29, 1.82) is 0 Å². The zero-order valence-electron chi connectivity index (χ0n) is 17.2. The molecule has 0 saturated carbocycles. The van der Waals surface area contributed by atoms with Crippen molar-refractivity contribution in [1.82, 2.24) is 4.31 Å². The Bertz CT molecular complexity index is 1290. The molecule has 3 aromatic rings. The van der Waals surface area contributed by atoms with Crippen LogP contribution < -0.4 is 10.6 Å². The molecular formula is C23H22N4O3S2. The molecule has 5 rings (SSSR count). The number of nitrogens with two attached hydrogens (primary N) is 1. The molecule has 0 saturated heterocycles. The number of guanidine groups is 1. The number of benzene rings is 2. The number of hydrogen-bond donors (Lipinski definition) is 1. The van der Waals surface area contributed by atoms with Gasteiger partial charge in [0.15, 0.2) is 0 Å². The summed E-state index contributed by atoms with van der Waals surface area (Å²) in [6.07, 6.45) is 0.962. The monoisotopic (exact) mass is 466 g/mol. The van der Waals surface area contributed by atoms with E-state index < -0.39 is 10.0 Å². The van der Waals surface area contributed by atoms with Crippen LogP contribution >= 0.6 is 11.3 Å². The van der Waals surface area contributed by atoms with Crippen molar-refractivity contribution >= 4 is 38.9 Å². The number of sulfonamides is 1. The van der Waals surface area contributed by atoms with Gasteiger partial charge >= 0.3 is 0 Å². The Balaban J connectivity index is 1.37. The van der Waals surface area contributed by atoms with Crippen molar-refractivity contribution in [3.8, 4) is 0 Å². The summed E-state index contributed by atoms with van der Waals surface area (Å²) in [5.41, 5.74) is 8.55. The third-order valence-corrected chi connectivity index (χ3v) is 8.45. The molecule has 2 aliphatic rings. The van der Waals surface area contributed by atoms with Crippen molar-refractivity contribution in [2.75, 3.05) is 18.0 Å². The van der Waals surface area contributed by atoms with Gasteiger partial charge in [-0.15, -0.1) is 11.3 Å². The number of hydrogen-bond acceptors (Lipinski definition) is 6. The molecule has 0 fully saturated rings. The first-order valence-corrected chi connectivity index (χ1v) is 12.6. The molecule has 2 aliphatic heterocycles. The van der Waals surface area contributed by atoms with Gasteiger partial charge in [-0.25, -0.2) is 17.7 Å². The van der Waals surface area contributed by atoms with Crippen LogP contribution in [0.2, 0.25) is 0 Å². The number of anilines is 1. The zero-order chi connectivity index (χ0) is 22.3. The smallest absolute Gasteiger partial charge is 0.266 e. The highest BCUT2D eigenvalue weighted by atomic mass is 32.2. The lowest BCUT2D eigenvalue weighted by atomic mass is 10.1. The van der Waals surface area contributed by atoms with Gasteiger partial charge in [0.05, 0.1) is 23.9 Å². The van der Waals surface area contributed by atoms with Crippen LogP contribution in [0.4, 0.5) is 5.69 Å². The molecule has 1 amide bonds. The van der Waals surface area contributed by atoms with Gasteiger partial charge in [-0.2, -0.15) is 0 Å². The number of aliphatic imine (C=N–C) groups is 1. The lowest BCUT2D eigenvalue weighted by Gasteiger charge is -2.20. The van der Waals surface area contributed by atoms with Gasteiger partial charge < -0.3 is 10.6 Å². The number of nitrogens with zero attached hydrogens (tertiary/aromatic N) is 3. The maximum absolute atomic E-state index is 13.3. The quantitative estimate of drug-likeness (QED) is 0.625. The SMILES string of the molecule is NC1=N[C@@H](c2ccccc2)CN1S(=O)(=O)c1ccc2c(c1)CCN2C(=O)Cc1cccs1. The first-order chi connectivity index (χ1) is 15.4. The molecule has 0 radical (unpaired) electrons. The fourth-order valence-corrected chi connectivity index (χ4v) is 6.29. The molecule has 9 heteroatoms. The highest BCUT2D eigenvalue weighted by molar-refractivity contribution is 7.89. The Labute approximate surface area is 190 Å². The van der Waals surface area contributed by atoms with E-state index in [2.05, 4.69) is 4.99 Å². The Morgan fingerprint density at radius 1 is 1.12 bits per heavy atom. The van der Waals surface area contributed by atoms with E-state index in [4.69, 9.17) is 5.73 Å². The first-order valence-electron chi connectivity index (χ1n) is 10.3. The molecule has 2 aromatic carbocycles. The van der Waals surface area contributed by atoms with E-state index in [9.17, 15) is 13.2 Å². The third-order valence-electron chi connectivity index (χ3n) is 5.81. The van der Waals surface area contributed by atoms with Crippen molar-refractivity contribution in [2.45, 2.75) is 23.8 Å². The van der Waals surface area contributed by atoms with E-state index in [1.165, 1.54) is 4.31 Å². The molecule has 0 unspecified atom stereocenters. The topological polar surface area (TPSA) is 96.1 Å². The standard InChI is InChI=1S/C23H22N4O3S2/c24-23-25-20(16-5-2-1-3-6-16)15-27(23)32(29,30)19-8-9-21-17(13-19)10-11-26(21)22(28)14-18-7-4-12-31-18/h1-9,12-13,20H,10-11,14-15H2,(H2,24,25)/t20-/m1/s1. The Kier molecular flexibility index (Phi) is 5.22. The normalized spacial score (nSPS) is 18.0. The number of amides is 1. The summed E-state index contributed by atoms with van der Waals surface area (Å²) < 4.78 is 27.8. The van der Waals surface area contributed by atoms with Gasteiger partial charge in [0.1, 0.15) is 0 Å². The average Bonchev–Trinajstić information content (AvgIpc) is 3.53. The van der Waals surface area contributed by atoms with Gasteiger partial charge in [0, 0.05) is 17.1 Å². The summed E-state index contributed by atoms with van der Waals surface area (Å²) >= 11 is 1.55. The summed E-state index contributed by atoms with van der Waals surface area (Å²) in [6.45, 7) is 0.715. The van der Waals surface area contributed by atoms with Gasteiger partial charge in [-0.05, 0) is 47.2 Å². The predicted molar refractivity (Wildman–Crippen MR) is 125 cm³/mol. The van der Waals surface area contributed by atoms with Crippen LogP contribution in [0.3, 0.4) is 0 Å². The average molecular weight is 467 g/mol. The number of rotatable bonds is 5. The number of fused-ring (bicyclic) bond motifs is 1. The number of carbonyl (C=O) groups excluding carboxylic acids is 1. The molecule has 7 nitrogen and oxygen atoms in total. The number of carbonyl (C=O) groups is 1. The molecule has 1 atom stereocenters. The van der Waals surface area contributed by atoms with Crippen LogP contribution in [0.1, 0.15) is 22.0 Å². The van der Waals surface area contributed by atoms with Crippen LogP contribution in [-0.4, -0.2) is 37.7 Å². The van der Waals surface area contributed by atoms with Crippen LogP contribution in [0.15, 0.2) is 75.9 Å². The van der Waals surface area contributed by atoms with Crippen LogP contribution in [0.5, 0.6) is 0 Å². The fraction of sp³-hybridized carbons (Fsp3) is 0.217. The maximum atomic E-state index is 13.3. The van der Waals surface area contributed by atoms with E-state index in [0.717, 1.165) is 21.7 Å². The molecule has 0 aliphatic carbocycles. The molecule has 164 valence electrons. The van der Waals surface area contributed by atoms with Gasteiger partial charge in [0.2, 0.25) is 11.9 Å². The minimum absolute atomic E-state index is 0.00731. The molecule has 3 heterocycles. The van der Waals surface area contributed by atoms with Crippen LogP contribution in [0, 0.1) is 0 Å². The molecule has 32 heavy (non-hydrogen) atoms. The molecule has 1 aromatic heterocycles. The van der Waals surface area contributed by atoms with Gasteiger partial charge in [0.25, 0.3) is 10.0 Å². The van der Waals surface area contributed by atoms with Gasteiger partial charge in [-0.1, -0.05) is 36.4 Å². The lowest BCUT2D eigenvalue weighted by Crippen LogP contribution is -2.39. The second kappa shape index (κ2) is 8.07. The Morgan fingerprint density at radius 3 is 2.69 bits per heavy atom.